The van der Waals surface area contributed by atoms with Crippen LogP contribution in [0.15, 0.2) is 0 Å². The van der Waals surface area contributed by atoms with Gasteiger partial charge in [-0.1, -0.05) is 25.7 Å². The van der Waals surface area contributed by atoms with E-state index in [2.05, 4.69) is 26.6 Å². The fraction of sp³-hybridized carbons (Fsp3) is 0.887. The highest BCUT2D eigenvalue weighted by Gasteiger charge is 2.52. The molecule has 34 heteroatoms. The number of rotatable bonds is 40. The van der Waals surface area contributed by atoms with E-state index < -0.39 is 160 Å². The van der Waals surface area contributed by atoms with Crippen molar-refractivity contribution >= 4 is 35.4 Å². The number of aliphatic hydroxyl groups excluding tert-OH is 13. The highest BCUT2D eigenvalue weighted by Crippen LogP contribution is 2.31. The van der Waals surface area contributed by atoms with Crippen LogP contribution in [0, 0.1) is 0 Å². The maximum Gasteiger partial charge on any atom is 0.234 e. The average molecular weight is 1260 g/mol. The molecular formula is C53H95N7O27. The van der Waals surface area contributed by atoms with E-state index in [-0.39, 0.29) is 96.0 Å². The van der Waals surface area contributed by atoms with Gasteiger partial charge in [0, 0.05) is 52.0 Å². The SMILES string of the molecule is C[C@@H]1O[C@@H](OCCNC(=O)CCCCCNC(=O)CN(CC(=O)NCCCCCCC(N)=O)CC(=O)NCCCCCC(=O)NCCO[C@H]2O[C@H](CO[C@H]3O[C@H](CO)[C@@H](O)[C@H](O)[C@@H]3O)[C@@H](O)[C@H](O[C@H]3O[C@H](CO)[C@@H](O)[C@H](O)[C@@H]3O)[C@@H]2O)[C@@H](O)[C@H](O)[C@@H]1O. The van der Waals surface area contributed by atoms with Crippen LogP contribution in [0.1, 0.15) is 90.4 Å². The molecule has 34 nitrogen and oxygen atoms in total. The van der Waals surface area contributed by atoms with Gasteiger partial charge in [-0.05, 0) is 45.4 Å². The fourth-order valence-corrected chi connectivity index (χ4v) is 9.71. The molecule has 20 N–H and O–H groups in total. The molecule has 4 heterocycles. The van der Waals surface area contributed by atoms with Gasteiger partial charge in [0.05, 0.1) is 58.8 Å². The fourth-order valence-electron chi connectivity index (χ4n) is 9.71. The average Bonchev–Trinajstić information content (AvgIpc) is 2.46. The van der Waals surface area contributed by atoms with E-state index in [0.717, 1.165) is 12.8 Å². The van der Waals surface area contributed by atoms with Gasteiger partial charge in [0.2, 0.25) is 35.4 Å². The second kappa shape index (κ2) is 39.9. The van der Waals surface area contributed by atoms with Crippen molar-refractivity contribution in [2.75, 3.05) is 85.4 Å². The molecular weight excluding hydrogens is 1170 g/mol. The number of aliphatic hydroxyl groups is 13. The Balaban J connectivity index is 1.17. The molecule has 0 unspecified atom stereocenters. The maximum absolute atomic E-state index is 13.1. The van der Waals surface area contributed by atoms with Gasteiger partial charge in [-0.25, -0.2) is 0 Å². The lowest BCUT2D eigenvalue weighted by Gasteiger charge is -2.46. The summed E-state index contributed by atoms with van der Waals surface area (Å²) in [5.41, 5.74) is 5.19. The number of nitrogens with zero attached hydrogens (tertiary/aromatic N) is 1. The van der Waals surface area contributed by atoms with Crippen molar-refractivity contribution in [3.63, 3.8) is 0 Å². The third kappa shape index (κ3) is 25.6. The predicted octanol–water partition coefficient (Wildman–Crippen LogP) is -9.27. The van der Waals surface area contributed by atoms with Gasteiger partial charge in [0.15, 0.2) is 25.2 Å². The molecule has 6 amide bonds. The zero-order chi connectivity index (χ0) is 64.2. The van der Waals surface area contributed by atoms with Crippen molar-refractivity contribution in [1.82, 2.24) is 31.5 Å². The van der Waals surface area contributed by atoms with Crippen LogP contribution >= 0.6 is 0 Å². The first-order chi connectivity index (χ1) is 41.5. The van der Waals surface area contributed by atoms with Gasteiger partial charge in [-0.2, -0.15) is 0 Å². The monoisotopic (exact) mass is 1260 g/mol. The summed E-state index contributed by atoms with van der Waals surface area (Å²) < 4.78 is 44.2. The second-order valence-corrected chi connectivity index (χ2v) is 21.9. The standard InChI is InChI=1S/C53H95N7O27/c1-28-38(69)42(73)45(76)50(83-28)80-20-18-58-33(64)13-7-4-10-16-56-36(67)23-60(22-35(66)55-15-9-3-2-6-12-32(54)63)24-37(68)57-17-11-5-8-14-34(65)59-19-21-81-52-48(79)49(87-53-47(78)44(75)40(71)30(26-62)85-53)41(72)31(86-52)27-82-51-46(77)43(74)39(70)29(25-61)84-51/h28-31,38-53,61-62,69-79H,2-27H2,1H3,(H2,54,63)(H,55,66)(H,56,67)(H,57,68)(H,58,64)(H,59,65)/t28-,29+,30+,31+,38+,39+,40+,41+,42+,43-,44-,45-,46-,47-,48-,49-,50+,51-,52-,53+/m0/s1. The molecule has 0 aromatic rings. The molecule has 4 aliphatic heterocycles. The summed E-state index contributed by atoms with van der Waals surface area (Å²) in [6.45, 7) is -1.05. The van der Waals surface area contributed by atoms with Crippen molar-refractivity contribution < 1.29 is 133 Å². The Morgan fingerprint density at radius 1 is 0.402 bits per heavy atom. The minimum absolute atomic E-state index is 0.0130. The van der Waals surface area contributed by atoms with Crippen LogP contribution < -0.4 is 32.3 Å². The van der Waals surface area contributed by atoms with Crippen molar-refractivity contribution in [1.29, 1.82) is 0 Å². The number of amides is 6. The number of nitrogens with two attached hydrogens (primary N) is 1. The van der Waals surface area contributed by atoms with Crippen LogP contribution in [0.3, 0.4) is 0 Å². The Kier molecular flexibility index (Phi) is 34.6. The van der Waals surface area contributed by atoms with E-state index in [1.54, 1.807) is 0 Å². The van der Waals surface area contributed by atoms with Crippen LogP contribution in [-0.4, -0.2) is 315 Å². The van der Waals surface area contributed by atoms with Gasteiger partial charge in [0.1, 0.15) is 91.6 Å². The van der Waals surface area contributed by atoms with Crippen LogP contribution in [0.5, 0.6) is 0 Å². The number of unbranched alkanes of at least 4 members (excludes halogenated alkanes) is 7. The lowest BCUT2D eigenvalue weighted by atomic mass is 9.96. The molecule has 0 saturated carbocycles. The summed E-state index contributed by atoms with van der Waals surface area (Å²) in [6.07, 6.45) is -25.6. The van der Waals surface area contributed by atoms with E-state index >= 15 is 0 Å². The molecule has 4 rings (SSSR count). The molecule has 504 valence electrons. The number of carbonyl (C=O) groups excluding carboxylic acids is 6. The Morgan fingerprint density at radius 2 is 0.782 bits per heavy atom. The molecule has 4 fully saturated rings. The van der Waals surface area contributed by atoms with E-state index in [9.17, 15) is 95.2 Å². The Bertz CT molecular complexity index is 2040. The minimum atomic E-state index is -1.94. The second-order valence-electron chi connectivity index (χ2n) is 21.9. The lowest BCUT2D eigenvalue weighted by Crippen LogP contribution is -2.65. The number of hydrogen-bond donors (Lipinski definition) is 19. The van der Waals surface area contributed by atoms with Gasteiger partial charge in [-0.15, -0.1) is 0 Å². The number of hydrogen-bond acceptors (Lipinski definition) is 28. The first kappa shape index (κ1) is 75.4. The number of nitrogens with one attached hydrogen (secondary N) is 5. The smallest absolute Gasteiger partial charge is 0.234 e. The van der Waals surface area contributed by atoms with Crippen LogP contribution in [0.4, 0.5) is 0 Å². The van der Waals surface area contributed by atoms with Crippen molar-refractivity contribution in [2.24, 2.45) is 5.73 Å². The predicted molar refractivity (Wildman–Crippen MR) is 294 cm³/mol. The van der Waals surface area contributed by atoms with Crippen molar-refractivity contribution in [3.8, 4) is 0 Å². The van der Waals surface area contributed by atoms with Gasteiger partial charge in [0.25, 0.3) is 0 Å². The molecule has 0 radical (unpaired) electrons. The third-order valence-electron chi connectivity index (χ3n) is 14.9. The van der Waals surface area contributed by atoms with E-state index in [1.165, 1.54) is 11.8 Å². The Hall–Kier alpha value is -4.06. The largest absolute Gasteiger partial charge is 0.394 e. The van der Waals surface area contributed by atoms with Gasteiger partial charge in [-0.3, -0.25) is 33.7 Å². The van der Waals surface area contributed by atoms with Crippen LogP contribution in [-0.2, 0) is 66.7 Å². The zero-order valence-electron chi connectivity index (χ0n) is 49.0. The molecule has 87 heavy (non-hydrogen) atoms. The van der Waals surface area contributed by atoms with E-state index in [4.69, 9.17) is 43.6 Å². The molecule has 0 bridgehead atoms. The molecule has 4 saturated heterocycles. The number of ether oxygens (including phenoxy) is 8. The van der Waals surface area contributed by atoms with Crippen molar-refractivity contribution in [2.45, 2.75) is 213 Å². The molecule has 0 aliphatic carbocycles. The summed E-state index contributed by atoms with van der Waals surface area (Å²) in [5.74, 6) is -2.32. The van der Waals surface area contributed by atoms with Gasteiger partial charge >= 0.3 is 0 Å². The summed E-state index contributed by atoms with van der Waals surface area (Å²) in [6, 6.07) is 0. The van der Waals surface area contributed by atoms with Crippen molar-refractivity contribution in [3.05, 3.63) is 0 Å². The molecule has 0 spiro atoms. The van der Waals surface area contributed by atoms with Crippen LogP contribution in [0.2, 0.25) is 0 Å². The first-order valence-electron chi connectivity index (χ1n) is 29.6. The minimum Gasteiger partial charge on any atom is -0.394 e. The molecule has 20 atom stereocenters. The summed E-state index contributed by atoms with van der Waals surface area (Å²) in [5, 5.41) is 147. The summed E-state index contributed by atoms with van der Waals surface area (Å²) in [4.78, 5) is 76.4. The lowest BCUT2D eigenvalue weighted by molar-refractivity contribution is -0.366. The molecule has 0 aromatic carbocycles. The molecule has 4 aliphatic rings. The Labute approximate surface area is 503 Å². The maximum atomic E-state index is 13.1. The zero-order valence-corrected chi connectivity index (χ0v) is 49.0. The van der Waals surface area contributed by atoms with Crippen LogP contribution in [0.25, 0.3) is 0 Å². The normalized spacial score (nSPS) is 32.7. The van der Waals surface area contributed by atoms with E-state index in [1.807, 2.05) is 0 Å². The first-order valence-corrected chi connectivity index (χ1v) is 29.6. The topological polar surface area (TPSA) is 529 Å². The highest BCUT2D eigenvalue weighted by molar-refractivity contribution is 5.84. The number of primary amides is 1. The van der Waals surface area contributed by atoms with Gasteiger partial charge < -0.3 is 137 Å². The number of carbonyl (C=O) groups is 6. The molecule has 0 aromatic heterocycles. The third-order valence-corrected chi connectivity index (χ3v) is 14.9. The Morgan fingerprint density at radius 3 is 1.25 bits per heavy atom. The summed E-state index contributed by atoms with van der Waals surface area (Å²) in [7, 11) is 0. The highest BCUT2D eigenvalue weighted by atomic mass is 16.8. The van der Waals surface area contributed by atoms with E-state index in [0.29, 0.717) is 57.9 Å². The summed E-state index contributed by atoms with van der Waals surface area (Å²) >= 11 is 0. The quantitative estimate of drug-likeness (QED) is 0.0253.